The number of nitrogens with zero attached hydrogens (tertiary/aromatic N) is 1. The first-order valence-corrected chi connectivity index (χ1v) is 11.5. The van der Waals surface area contributed by atoms with Crippen LogP contribution in [-0.2, 0) is 6.61 Å². The number of aryl methyl sites for hydroxylation is 1. The third-order valence-electron chi connectivity index (χ3n) is 5.27. The van der Waals surface area contributed by atoms with Crippen molar-refractivity contribution >= 4 is 29.7 Å². The van der Waals surface area contributed by atoms with Crippen LogP contribution in [0.25, 0.3) is 0 Å². The Hall–Kier alpha value is -4.42. The van der Waals surface area contributed by atoms with Crippen molar-refractivity contribution in [2.45, 2.75) is 13.5 Å². The molecule has 0 aromatic heterocycles. The van der Waals surface area contributed by atoms with E-state index in [1.165, 1.54) is 6.21 Å². The lowest BCUT2D eigenvalue weighted by Crippen LogP contribution is -2.18. The van der Waals surface area contributed by atoms with E-state index in [2.05, 4.69) is 10.5 Å². The first kappa shape index (κ1) is 24.7. The first-order chi connectivity index (χ1) is 17.5. The van der Waals surface area contributed by atoms with Gasteiger partial charge in [-0.25, -0.2) is 10.2 Å². The number of rotatable bonds is 8. The topological polar surface area (TPSA) is 77.0 Å². The molecule has 4 rings (SSSR count). The van der Waals surface area contributed by atoms with Gasteiger partial charge in [0, 0.05) is 5.02 Å². The van der Waals surface area contributed by atoms with Crippen molar-refractivity contribution in [1.82, 2.24) is 5.43 Å². The summed E-state index contributed by atoms with van der Waals surface area (Å²) in [5, 5.41) is 4.68. The van der Waals surface area contributed by atoms with E-state index < -0.39 is 11.9 Å². The van der Waals surface area contributed by atoms with Gasteiger partial charge >= 0.3 is 5.97 Å². The fourth-order valence-corrected chi connectivity index (χ4v) is 3.46. The molecule has 0 unspecified atom stereocenters. The van der Waals surface area contributed by atoms with Crippen LogP contribution in [-0.4, -0.2) is 18.1 Å². The molecule has 0 bridgehead atoms. The van der Waals surface area contributed by atoms with Gasteiger partial charge in [0.1, 0.15) is 18.1 Å². The molecule has 6 nitrogen and oxygen atoms in total. The summed E-state index contributed by atoms with van der Waals surface area (Å²) in [5.41, 5.74) is 5.89. The molecule has 0 heterocycles. The molecule has 0 fully saturated rings. The monoisotopic (exact) mass is 498 g/mol. The number of esters is 1. The third-order valence-corrected chi connectivity index (χ3v) is 5.53. The number of hydrogen-bond donors (Lipinski definition) is 1. The second-order valence-electron chi connectivity index (χ2n) is 7.88. The number of carbonyl (C=O) groups excluding carboxylic acids is 2. The maximum absolute atomic E-state index is 12.7. The number of ether oxygens (including phenoxy) is 2. The number of nitrogens with one attached hydrogen (secondary N) is 1. The molecule has 0 atom stereocenters. The fraction of sp³-hybridized carbons (Fsp3) is 0.0690. The summed E-state index contributed by atoms with van der Waals surface area (Å²) in [7, 11) is 0. The van der Waals surface area contributed by atoms with Crippen molar-refractivity contribution in [2.75, 3.05) is 0 Å². The van der Waals surface area contributed by atoms with Gasteiger partial charge in [-0.3, -0.25) is 4.79 Å². The Morgan fingerprint density at radius 1 is 0.861 bits per heavy atom. The molecule has 4 aromatic rings. The van der Waals surface area contributed by atoms with E-state index in [9.17, 15) is 9.59 Å². The molecule has 7 heteroatoms. The van der Waals surface area contributed by atoms with E-state index in [1.54, 1.807) is 72.8 Å². The summed E-state index contributed by atoms with van der Waals surface area (Å²) >= 11 is 5.92. The van der Waals surface area contributed by atoms with Crippen LogP contribution in [0.3, 0.4) is 0 Å². The number of hydrogen-bond acceptors (Lipinski definition) is 5. The zero-order valence-corrected chi connectivity index (χ0v) is 20.2. The Bertz CT molecular complexity index is 1380. The Morgan fingerprint density at radius 2 is 1.53 bits per heavy atom. The smallest absolute Gasteiger partial charge is 0.343 e. The molecule has 0 aliphatic rings. The molecule has 1 amide bonds. The largest absolute Gasteiger partial charge is 0.488 e. The van der Waals surface area contributed by atoms with Crippen molar-refractivity contribution in [3.8, 4) is 11.5 Å². The molecular weight excluding hydrogens is 476 g/mol. The van der Waals surface area contributed by atoms with E-state index in [4.69, 9.17) is 21.1 Å². The molecule has 180 valence electrons. The molecule has 0 saturated carbocycles. The van der Waals surface area contributed by atoms with Gasteiger partial charge < -0.3 is 9.47 Å². The van der Waals surface area contributed by atoms with Crippen LogP contribution in [0.2, 0.25) is 5.02 Å². The minimum atomic E-state index is -0.418. The van der Waals surface area contributed by atoms with E-state index in [1.807, 2.05) is 31.2 Å². The van der Waals surface area contributed by atoms with E-state index in [0.29, 0.717) is 34.3 Å². The van der Waals surface area contributed by atoms with Crippen molar-refractivity contribution in [1.29, 1.82) is 0 Å². The second kappa shape index (κ2) is 11.8. The molecule has 0 aliphatic heterocycles. The maximum atomic E-state index is 12.7. The van der Waals surface area contributed by atoms with Gasteiger partial charge in [-0.2, -0.15) is 5.10 Å². The lowest BCUT2D eigenvalue weighted by Gasteiger charge is -2.10. The minimum absolute atomic E-state index is 0.297. The quantitative estimate of drug-likeness (QED) is 0.135. The Balaban J connectivity index is 1.33. The van der Waals surface area contributed by atoms with Crippen LogP contribution < -0.4 is 14.9 Å². The van der Waals surface area contributed by atoms with Gasteiger partial charge in [0.05, 0.1) is 17.3 Å². The lowest BCUT2D eigenvalue weighted by atomic mass is 10.1. The molecule has 0 radical (unpaired) electrons. The van der Waals surface area contributed by atoms with E-state index >= 15 is 0 Å². The first-order valence-electron chi connectivity index (χ1n) is 11.2. The average molecular weight is 499 g/mol. The van der Waals surface area contributed by atoms with E-state index in [0.717, 1.165) is 16.7 Å². The van der Waals surface area contributed by atoms with Crippen LogP contribution in [0.15, 0.2) is 102 Å². The normalized spacial score (nSPS) is 10.7. The highest BCUT2D eigenvalue weighted by molar-refractivity contribution is 6.30. The molecule has 0 aliphatic carbocycles. The summed E-state index contributed by atoms with van der Waals surface area (Å²) in [4.78, 5) is 25.0. The van der Waals surface area contributed by atoms with Crippen LogP contribution in [0.4, 0.5) is 0 Å². The predicted molar refractivity (Wildman–Crippen MR) is 140 cm³/mol. The third kappa shape index (κ3) is 6.58. The number of benzene rings is 4. The minimum Gasteiger partial charge on any atom is -0.488 e. The van der Waals surface area contributed by atoms with Crippen molar-refractivity contribution in [2.24, 2.45) is 5.10 Å². The maximum Gasteiger partial charge on any atom is 0.343 e. The fourth-order valence-electron chi connectivity index (χ4n) is 3.33. The lowest BCUT2D eigenvalue weighted by molar-refractivity contribution is 0.0733. The zero-order chi connectivity index (χ0) is 25.3. The zero-order valence-electron chi connectivity index (χ0n) is 19.5. The van der Waals surface area contributed by atoms with Crippen LogP contribution >= 0.6 is 11.6 Å². The number of amides is 1. The van der Waals surface area contributed by atoms with Crippen LogP contribution in [0, 0.1) is 6.92 Å². The molecular formula is C29H23ClN2O4. The molecule has 4 aromatic carbocycles. The van der Waals surface area contributed by atoms with Crippen molar-refractivity contribution in [3.05, 3.63) is 130 Å². The molecule has 0 spiro atoms. The van der Waals surface area contributed by atoms with Gasteiger partial charge in [0.2, 0.25) is 0 Å². The van der Waals surface area contributed by atoms with Crippen molar-refractivity contribution < 1.29 is 19.1 Å². The van der Waals surface area contributed by atoms with Gasteiger partial charge in [-0.05, 0) is 78.2 Å². The average Bonchev–Trinajstić information content (AvgIpc) is 2.89. The SMILES string of the molecule is Cc1ccccc1C(=O)Oc1ccc(/C=N\NC(=O)c2ccccc2OCc2ccc(Cl)cc2)cc1. The van der Waals surface area contributed by atoms with Crippen LogP contribution in [0.1, 0.15) is 37.4 Å². The van der Waals surface area contributed by atoms with E-state index in [-0.39, 0.29) is 0 Å². The second-order valence-corrected chi connectivity index (χ2v) is 8.32. The van der Waals surface area contributed by atoms with Crippen molar-refractivity contribution in [3.63, 3.8) is 0 Å². The van der Waals surface area contributed by atoms with Gasteiger partial charge in [-0.15, -0.1) is 0 Å². The Kier molecular flexibility index (Phi) is 8.11. The highest BCUT2D eigenvalue weighted by Crippen LogP contribution is 2.20. The van der Waals surface area contributed by atoms with Crippen LogP contribution in [0.5, 0.6) is 11.5 Å². The number of carbonyl (C=O) groups is 2. The summed E-state index contributed by atoms with van der Waals surface area (Å²) in [6.07, 6.45) is 1.50. The Labute approximate surface area is 214 Å². The van der Waals surface area contributed by atoms with Gasteiger partial charge in [-0.1, -0.05) is 54.1 Å². The molecule has 0 saturated heterocycles. The summed E-state index contributed by atoms with van der Waals surface area (Å²) in [5.74, 6) is 0.0386. The van der Waals surface area contributed by atoms with Gasteiger partial charge in [0.25, 0.3) is 5.91 Å². The number of para-hydroxylation sites is 1. The molecule has 1 N–H and O–H groups in total. The number of halogens is 1. The predicted octanol–water partition coefficient (Wildman–Crippen LogP) is 6.21. The summed E-state index contributed by atoms with van der Waals surface area (Å²) in [6, 6.07) is 28.3. The highest BCUT2D eigenvalue weighted by Gasteiger charge is 2.12. The summed E-state index contributed by atoms with van der Waals surface area (Å²) < 4.78 is 11.3. The van der Waals surface area contributed by atoms with Gasteiger partial charge in [0.15, 0.2) is 0 Å². The standard InChI is InChI=1S/C29H23ClN2O4/c1-20-6-2-3-7-25(20)29(34)36-24-16-12-21(13-17-24)18-31-32-28(33)26-8-4-5-9-27(26)35-19-22-10-14-23(30)15-11-22/h2-18H,19H2,1H3,(H,32,33)/b31-18-. The highest BCUT2D eigenvalue weighted by atomic mass is 35.5. The number of hydrazone groups is 1. The summed E-state index contributed by atoms with van der Waals surface area (Å²) in [6.45, 7) is 2.15. The Morgan fingerprint density at radius 3 is 2.25 bits per heavy atom. The molecule has 36 heavy (non-hydrogen) atoms.